The molecule has 0 bridgehead atoms. The number of benzene rings is 1. The van der Waals surface area contributed by atoms with Crippen LogP contribution < -0.4 is 11.1 Å². The average Bonchev–Trinajstić information content (AvgIpc) is 2.96. The Morgan fingerprint density at radius 2 is 2.04 bits per heavy atom. The van der Waals surface area contributed by atoms with Gasteiger partial charge in [0.25, 0.3) is 0 Å². The van der Waals surface area contributed by atoms with Crippen LogP contribution in [0.3, 0.4) is 0 Å². The number of carbonyl (C=O) groups is 1. The van der Waals surface area contributed by atoms with Gasteiger partial charge < -0.3 is 15.5 Å². The lowest BCUT2D eigenvalue weighted by Gasteiger charge is -2.10. The monoisotopic (exact) mass is 336 g/mol. The number of nitriles is 1. The summed E-state index contributed by atoms with van der Waals surface area (Å²) in [5, 5.41) is 12.8. The number of hydrogen-bond donors (Lipinski definition) is 2. The number of aromatic nitrogens is 1. The van der Waals surface area contributed by atoms with Crippen molar-refractivity contribution in [3.63, 3.8) is 0 Å². The van der Waals surface area contributed by atoms with Gasteiger partial charge in [-0.2, -0.15) is 5.26 Å². The highest BCUT2D eigenvalue weighted by Crippen LogP contribution is 2.28. The molecule has 0 aliphatic heterocycles. The summed E-state index contributed by atoms with van der Waals surface area (Å²) in [4.78, 5) is 11.9. The van der Waals surface area contributed by atoms with Crippen LogP contribution in [0, 0.1) is 11.3 Å². The first-order valence-electron chi connectivity index (χ1n) is 7.41. The molecule has 0 spiro atoms. The molecule has 6 heteroatoms. The molecule has 0 saturated carbocycles. The zero-order valence-electron chi connectivity index (χ0n) is 12.9. The summed E-state index contributed by atoms with van der Waals surface area (Å²) in [6.07, 6.45) is 3.89. The first-order chi connectivity index (χ1) is 11.7. The van der Waals surface area contributed by atoms with E-state index in [4.69, 9.17) is 5.73 Å². The van der Waals surface area contributed by atoms with Gasteiger partial charge in [0.2, 0.25) is 5.91 Å². The molecule has 5 nitrogen and oxygen atoms in total. The number of hydrogen-bond acceptors (Lipinski definition) is 4. The Hall–Kier alpha value is -2.91. The van der Waals surface area contributed by atoms with E-state index in [0.29, 0.717) is 12.1 Å². The minimum absolute atomic E-state index is 0.234. The lowest BCUT2D eigenvalue weighted by atomic mass is 10.1. The minimum atomic E-state index is -0.347. The van der Waals surface area contributed by atoms with Crippen LogP contribution in [0.25, 0.3) is 5.52 Å². The number of amides is 1. The number of fused-ring (bicyclic) bond motifs is 1. The van der Waals surface area contributed by atoms with Gasteiger partial charge in [-0.1, -0.05) is 18.2 Å². The number of thioether (sulfide) groups is 1. The third-order valence-corrected chi connectivity index (χ3v) is 4.70. The van der Waals surface area contributed by atoms with Crippen LogP contribution in [0.5, 0.6) is 0 Å². The predicted molar refractivity (Wildman–Crippen MR) is 95.8 cm³/mol. The second-order valence-corrected chi connectivity index (χ2v) is 6.26. The van der Waals surface area contributed by atoms with Gasteiger partial charge >= 0.3 is 0 Å². The predicted octanol–water partition coefficient (Wildman–Crippen LogP) is 3.00. The fraction of sp³-hybridized carbons (Fsp3) is 0.111. The number of nitrogens with zero attached hydrogens (tertiary/aromatic N) is 2. The maximum Gasteiger partial charge on any atom is 0.227 e. The summed E-state index contributed by atoms with van der Waals surface area (Å²) in [5.74, 6) is -0.113. The normalized spacial score (nSPS) is 10.5. The van der Waals surface area contributed by atoms with Gasteiger partial charge in [0, 0.05) is 35.1 Å². The maximum absolute atomic E-state index is 11.0. The Morgan fingerprint density at radius 1 is 1.25 bits per heavy atom. The fourth-order valence-corrected chi connectivity index (χ4v) is 3.29. The maximum atomic E-state index is 11.0. The molecule has 1 amide bonds. The molecule has 2 aromatic heterocycles. The quantitative estimate of drug-likeness (QED) is 0.678. The molecule has 3 aromatic rings. The Labute approximate surface area is 144 Å². The van der Waals surface area contributed by atoms with Gasteiger partial charge in [0.1, 0.15) is 6.07 Å². The van der Waals surface area contributed by atoms with Crippen molar-refractivity contribution in [3.8, 4) is 6.07 Å². The van der Waals surface area contributed by atoms with Crippen LogP contribution in [-0.2, 0) is 11.3 Å². The second kappa shape index (κ2) is 7.11. The summed E-state index contributed by atoms with van der Waals surface area (Å²) >= 11 is 1.40. The van der Waals surface area contributed by atoms with Gasteiger partial charge in [-0.3, -0.25) is 4.79 Å². The number of carbonyl (C=O) groups excluding carboxylic acids is 1. The van der Waals surface area contributed by atoms with Crippen molar-refractivity contribution >= 4 is 28.9 Å². The topological polar surface area (TPSA) is 83.3 Å². The molecule has 3 rings (SSSR count). The van der Waals surface area contributed by atoms with E-state index in [1.165, 1.54) is 11.8 Å². The van der Waals surface area contributed by atoms with E-state index >= 15 is 0 Å². The van der Waals surface area contributed by atoms with E-state index < -0.39 is 0 Å². The zero-order chi connectivity index (χ0) is 16.9. The standard InChI is InChI=1S/C18H16N4OS/c19-9-14-13(11-22-8-4-3-6-16(14)22)10-21-15-5-1-2-7-17(15)24-12-18(20)23/h1-8,11,21H,10,12H2,(H2,20,23). The van der Waals surface area contributed by atoms with Gasteiger partial charge in [-0.25, -0.2) is 0 Å². The van der Waals surface area contributed by atoms with Crippen molar-refractivity contribution in [2.24, 2.45) is 5.73 Å². The number of nitrogens with two attached hydrogens (primary N) is 1. The first-order valence-corrected chi connectivity index (χ1v) is 8.40. The first kappa shape index (κ1) is 16.0. The third kappa shape index (κ3) is 3.36. The van der Waals surface area contributed by atoms with E-state index in [2.05, 4.69) is 11.4 Å². The molecule has 0 aliphatic carbocycles. The molecule has 1 aromatic carbocycles. The number of pyridine rings is 1. The van der Waals surface area contributed by atoms with Crippen LogP contribution in [0.4, 0.5) is 5.69 Å². The van der Waals surface area contributed by atoms with E-state index in [0.717, 1.165) is 21.7 Å². The Bertz CT molecular complexity index is 926. The largest absolute Gasteiger partial charge is 0.380 e. The Kier molecular flexibility index (Phi) is 4.73. The van der Waals surface area contributed by atoms with E-state index in [-0.39, 0.29) is 11.7 Å². The highest BCUT2D eigenvalue weighted by molar-refractivity contribution is 8.00. The molecule has 0 saturated heterocycles. The van der Waals surface area contributed by atoms with Crippen LogP contribution in [-0.4, -0.2) is 16.1 Å². The molecule has 0 unspecified atom stereocenters. The molecule has 0 radical (unpaired) electrons. The smallest absolute Gasteiger partial charge is 0.227 e. The zero-order valence-corrected chi connectivity index (χ0v) is 13.7. The summed E-state index contributed by atoms with van der Waals surface area (Å²) in [6.45, 7) is 0.527. The molecule has 3 N–H and O–H groups in total. The van der Waals surface area contributed by atoms with Crippen molar-refractivity contribution in [2.45, 2.75) is 11.4 Å². The SMILES string of the molecule is N#Cc1c(CNc2ccccc2SCC(N)=O)cn2ccccc12. The van der Waals surface area contributed by atoms with Crippen LogP contribution in [0.1, 0.15) is 11.1 Å². The van der Waals surface area contributed by atoms with Crippen molar-refractivity contribution in [1.82, 2.24) is 4.40 Å². The number of para-hydroxylation sites is 1. The Morgan fingerprint density at radius 3 is 2.83 bits per heavy atom. The van der Waals surface area contributed by atoms with Crippen LogP contribution in [0.15, 0.2) is 59.8 Å². The number of nitrogens with one attached hydrogen (secondary N) is 1. The summed E-state index contributed by atoms with van der Waals surface area (Å²) in [5.41, 5.74) is 8.63. The molecule has 0 fully saturated rings. The molecular weight excluding hydrogens is 320 g/mol. The number of anilines is 1. The van der Waals surface area contributed by atoms with E-state index in [1.54, 1.807) is 0 Å². The second-order valence-electron chi connectivity index (χ2n) is 5.24. The van der Waals surface area contributed by atoms with Gasteiger partial charge in [0.15, 0.2) is 0 Å². The average molecular weight is 336 g/mol. The van der Waals surface area contributed by atoms with E-state index in [1.807, 2.05) is 59.3 Å². The molecule has 0 aliphatic rings. The van der Waals surface area contributed by atoms with Crippen LogP contribution >= 0.6 is 11.8 Å². The van der Waals surface area contributed by atoms with Crippen molar-refractivity contribution in [3.05, 3.63) is 66.0 Å². The fourth-order valence-electron chi connectivity index (χ4n) is 2.52. The minimum Gasteiger partial charge on any atom is -0.380 e. The molecule has 24 heavy (non-hydrogen) atoms. The van der Waals surface area contributed by atoms with Crippen LogP contribution in [0.2, 0.25) is 0 Å². The third-order valence-electron chi connectivity index (χ3n) is 3.60. The van der Waals surface area contributed by atoms with Crippen molar-refractivity contribution in [2.75, 3.05) is 11.1 Å². The van der Waals surface area contributed by atoms with Gasteiger partial charge in [-0.15, -0.1) is 11.8 Å². The molecular formula is C18H16N4OS. The lowest BCUT2D eigenvalue weighted by Crippen LogP contribution is -2.13. The van der Waals surface area contributed by atoms with Crippen molar-refractivity contribution in [1.29, 1.82) is 5.26 Å². The molecule has 120 valence electrons. The number of rotatable bonds is 6. The van der Waals surface area contributed by atoms with Gasteiger partial charge in [-0.05, 0) is 24.3 Å². The summed E-state index contributed by atoms with van der Waals surface area (Å²) in [6, 6.07) is 15.8. The highest BCUT2D eigenvalue weighted by atomic mass is 32.2. The van der Waals surface area contributed by atoms with Crippen molar-refractivity contribution < 1.29 is 4.79 Å². The Balaban J connectivity index is 1.82. The lowest BCUT2D eigenvalue weighted by molar-refractivity contribution is -0.115. The number of primary amides is 1. The summed E-state index contributed by atoms with van der Waals surface area (Å²) in [7, 11) is 0. The molecule has 2 heterocycles. The van der Waals surface area contributed by atoms with Gasteiger partial charge in [0.05, 0.1) is 16.8 Å². The summed E-state index contributed by atoms with van der Waals surface area (Å²) < 4.78 is 1.95. The van der Waals surface area contributed by atoms with E-state index in [9.17, 15) is 10.1 Å². The molecule has 0 atom stereocenters. The highest BCUT2D eigenvalue weighted by Gasteiger charge is 2.11.